The van der Waals surface area contributed by atoms with Gasteiger partial charge in [0.05, 0.1) is 22.9 Å². The maximum absolute atomic E-state index is 6.43. The lowest BCUT2D eigenvalue weighted by Crippen LogP contribution is -2.23. The summed E-state index contributed by atoms with van der Waals surface area (Å²) in [5.74, 6) is 0. The Hall–Kier alpha value is -1.58. The van der Waals surface area contributed by atoms with Crippen molar-refractivity contribution in [2.24, 2.45) is 5.73 Å². The summed E-state index contributed by atoms with van der Waals surface area (Å²) in [6, 6.07) is 12.1. The lowest BCUT2D eigenvalue weighted by molar-refractivity contribution is 0.798. The summed E-state index contributed by atoms with van der Waals surface area (Å²) in [4.78, 5) is 6.77. The van der Waals surface area contributed by atoms with Gasteiger partial charge < -0.3 is 10.6 Å². The molecule has 0 radical (unpaired) electrons. The van der Waals surface area contributed by atoms with E-state index >= 15 is 0 Å². The molecule has 0 saturated carbocycles. The van der Waals surface area contributed by atoms with E-state index in [0.717, 1.165) is 40.8 Å². The van der Waals surface area contributed by atoms with Gasteiger partial charge in [0.25, 0.3) is 0 Å². The average molecular weight is 304 g/mol. The minimum Gasteiger partial charge on any atom is -0.365 e. The number of anilines is 1. The highest BCUT2D eigenvalue weighted by atomic mass is 35.5. The zero-order valence-electron chi connectivity index (χ0n) is 12.8. The third kappa shape index (κ3) is 3.96. The zero-order valence-corrected chi connectivity index (χ0v) is 13.6. The molecular formula is C17H22ClN3. The molecule has 1 unspecified atom stereocenters. The molecule has 0 amide bonds. The summed E-state index contributed by atoms with van der Waals surface area (Å²) >= 11 is 6.43. The number of benzene rings is 1. The number of aromatic nitrogens is 1. The Kier molecular flexibility index (Phi) is 5.21. The van der Waals surface area contributed by atoms with Gasteiger partial charge >= 0.3 is 0 Å². The molecule has 4 heteroatoms. The number of hydrogen-bond acceptors (Lipinski definition) is 3. The minimum absolute atomic E-state index is 0.00920. The van der Waals surface area contributed by atoms with Crippen LogP contribution in [0.25, 0.3) is 0 Å². The highest BCUT2D eigenvalue weighted by Crippen LogP contribution is 2.29. The second-order valence-electron chi connectivity index (χ2n) is 5.28. The molecule has 112 valence electrons. The van der Waals surface area contributed by atoms with Crippen LogP contribution < -0.4 is 10.6 Å². The molecule has 0 saturated heterocycles. The first-order valence-corrected chi connectivity index (χ1v) is 7.61. The number of aryl methyl sites for hydroxylation is 1. The summed E-state index contributed by atoms with van der Waals surface area (Å²) in [7, 11) is 0. The molecule has 1 atom stereocenters. The fraction of sp³-hybridized carbons (Fsp3) is 0.353. The van der Waals surface area contributed by atoms with Gasteiger partial charge in [0.15, 0.2) is 0 Å². The quantitative estimate of drug-likeness (QED) is 0.904. The molecule has 2 aromatic rings. The Labute approximate surface area is 131 Å². The fourth-order valence-corrected chi connectivity index (χ4v) is 2.62. The van der Waals surface area contributed by atoms with Gasteiger partial charge in [-0.2, -0.15) is 0 Å². The van der Waals surface area contributed by atoms with Crippen LogP contribution in [-0.4, -0.2) is 11.5 Å². The molecule has 0 aliphatic carbocycles. The van der Waals surface area contributed by atoms with Crippen molar-refractivity contribution in [3.05, 3.63) is 58.4 Å². The standard InChI is InChI=1S/C17H22ClN3/c1-4-21(11-15-7-5-6-12(2)20-15)17-9-8-14(13(3)19)10-16(17)18/h5-10,13H,4,11,19H2,1-3H3. The van der Waals surface area contributed by atoms with Gasteiger partial charge in [0, 0.05) is 18.3 Å². The van der Waals surface area contributed by atoms with Gasteiger partial charge in [-0.05, 0) is 50.6 Å². The van der Waals surface area contributed by atoms with Crippen molar-refractivity contribution in [3.63, 3.8) is 0 Å². The average Bonchev–Trinajstić information content (AvgIpc) is 2.45. The fourth-order valence-electron chi connectivity index (χ4n) is 2.31. The SMILES string of the molecule is CCN(Cc1cccc(C)n1)c1ccc(C(C)N)cc1Cl. The largest absolute Gasteiger partial charge is 0.365 e. The number of nitrogens with two attached hydrogens (primary N) is 1. The topological polar surface area (TPSA) is 42.2 Å². The summed E-state index contributed by atoms with van der Waals surface area (Å²) in [5.41, 5.74) is 10.0. The Morgan fingerprint density at radius 3 is 2.62 bits per heavy atom. The molecule has 3 nitrogen and oxygen atoms in total. The maximum Gasteiger partial charge on any atom is 0.0643 e. The van der Waals surface area contributed by atoms with Crippen molar-refractivity contribution in [1.82, 2.24) is 4.98 Å². The smallest absolute Gasteiger partial charge is 0.0643 e. The van der Waals surface area contributed by atoms with Gasteiger partial charge in [0.1, 0.15) is 0 Å². The van der Waals surface area contributed by atoms with E-state index in [9.17, 15) is 0 Å². The molecule has 0 bridgehead atoms. The Morgan fingerprint density at radius 1 is 1.29 bits per heavy atom. The highest BCUT2D eigenvalue weighted by molar-refractivity contribution is 6.33. The highest BCUT2D eigenvalue weighted by Gasteiger charge is 2.12. The van der Waals surface area contributed by atoms with Gasteiger partial charge in [0.2, 0.25) is 0 Å². The second kappa shape index (κ2) is 6.92. The Balaban J connectivity index is 2.25. The summed E-state index contributed by atoms with van der Waals surface area (Å²) in [5, 5.41) is 0.735. The van der Waals surface area contributed by atoms with E-state index in [1.54, 1.807) is 0 Å². The second-order valence-corrected chi connectivity index (χ2v) is 5.69. The predicted octanol–water partition coefficient (Wildman–Crippen LogP) is 4.09. The first kappa shape index (κ1) is 15.8. The van der Waals surface area contributed by atoms with Crippen LogP contribution >= 0.6 is 11.6 Å². The molecule has 0 fully saturated rings. The number of halogens is 1. The predicted molar refractivity (Wildman–Crippen MR) is 89.8 cm³/mol. The molecule has 1 aromatic heterocycles. The molecule has 0 aliphatic heterocycles. The van der Waals surface area contributed by atoms with Crippen molar-refractivity contribution in [1.29, 1.82) is 0 Å². The van der Waals surface area contributed by atoms with Gasteiger partial charge in [-0.1, -0.05) is 23.7 Å². The van der Waals surface area contributed by atoms with Crippen molar-refractivity contribution >= 4 is 17.3 Å². The van der Waals surface area contributed by atoms with Crippen molar-refractivity contribution in [2.75, 3.05) is 11.4 Å². The molecular weight excluding hydrogens is 282 g/mol. The normalized spacial score (nSPS) is 12.2. The molecule has 2 rings (SSSR count). The first-order chi connectivity index (χ1) is 10.0. The number of nitrogens with zero attached hydrogens (tertiary/aromatic N) is 2. The molecule has 0 spiro atoms. The first-order valence-electron chi connectivity index (χ1n) is 7.23. The van der Waals surface area contributed by atoms with Crippen LogP contribution in [0.15, 0.2) is 36.4 Å². The van der Waals surface area contributed by atoms with Crippen LogP contribution in [0.1, 0.15) is 36.8 Å². The van der Waals surface area contributed by atoms with Crippen LogP contribution in [-0.2, 0) is 6.54 Å². The maximum atomic E-state index is 6.43. The number of rotatable bonds is 5. The van der Waals surface area contributed by atoms with Crippen molar-refractivity contribution in [3.8, 4) is 0 Å². The van der Waals surface area contributed by atoms with Crippen LogP contribution in [0.2, 0.25) is 5.02 Å². The van der Waals surface area contributed by atoms with E-state index < -0.39 is 0 Å². The van der Waals surface area contributed by atoms with E-state index in [0.29, 0.717) is 0 Å². The molecule has 0 aliphatic rings. The summed E-state index contributed by atoms with van der Waals surface area (Å²) in [6.45, 7) is 7.69. The van der Waals surface area contributed by atoms with E-state index in [2.05, 4.69) is 16.8 Å². The molecule has 21 heavy (non-hydrogen) atoms. The summed E-state index contributed by atoms with van der Waals surface area (Å²) in [6.07, 6.45) is 0. The van der Waals surface area contributed by atoms with Crippen LogP contribution in [0.4, 0.5) is 5.69 Å². The van der Waals surface area contributed by atoms with Crippen molar-refractivity contribution in [2.45, 2.75) is 33.4 Å². The third-order valence-corrected chi connectivity index (χ3v) is 3.82. The van der Waals surface area contributed by atoms with Gasteiger partial charge in [-0.3, -0.25) is 4.98 Å². The third-order valence-electron chi connectivity index (χ3n) is 3.52. The molecule has 1 aromatic carbocycles. The van der Waals surface area contributed by atoms with Crippen molar-refractivity contribution < 1.29 is 0 Å². The molecule has 1 heterocycles. The van der Waals surface area contributed by atoms with Crippen LogP contribution in [0.5, 0.6) is 0 Å². The summed E-state index contributed by atoms with van der Waals surface area (Å²) < 4.78 is 0. The van der Waals surface area contributed by atoms with Crippen LogP contribution in [0, 0.1) is 6.92 Å². The Bertz CT molecular complexity index is 611. The van der Waals surface area contributed by atoms with Crippen LogP contribution in [0.3, 0.4) is 0 Å². The van der Waals surface area contributed by atoms with E-state index in [-0.39, 0.29) is 6.04 Å². The lowest BCUT2D eigenvalue weighted by Gasteiger charge is -2.24. The van der Waals surface area contributed by atoms with Gasteiger partial charge in [-0.25, -0.2) is 0 Å². The zero-order chi connectivity index (χ0) is 15.4. The van der Waals surface area contributed by atoms with E-state index in [1.165, 1.54) is 0 Å². The van der Waals surface area contributed by atoms with Gasteiger partial charge in [-0.15, -0.1) is 0 Å². The lowest BCUT2D eigenvalue weighted by atomic mass is 10.1. The number of hydrogen-bond donors (Lipinski definition) is 1. The number of pyridine rings is 1. The Morgan fingerprint density at radius 2 is 2.05 bits per heavy atom. The molecule has 2 N–H and O–H groups in total. The monoisotopic (exact) mass is 303 g/mol. The van der Waals surface area contributed by atoms with E-state index in [4.69, 9.17) is 17.3 Å². The van der Waals surface area contributed by atoms with E-state index in [1.807, 2.05) is 50.2 Å². The minimum atomic E-state index is -0.00920.